The van der Waals surface area contributed by atoms with Crippen LogP contribution in [-0.2, 0) is 0 Å². The minimum Gasteiger partial charge on any atom is -0.335 e. The Hall–Kier alpha value is -1.20. The maximum absolute atomic E-state index is 12.2. The lowest BCUT2D eigenvalue weighted by Crippen LogP contribution is -2.36. The highest BCUT2D eigenvalue weighted by Crippen LogP contribution is 2.21. The average molecular weight is 269 g/mol. The molecule has 0 N–H and O–H groups in total. The molecule has 5 nitrogen and oxygen atoms in total. The molecule has 0 radical (unpaired) electrons. The lowest BCUT2D eigenvalue weighted by Gasteiger charge is -2.22. The highest BCUT2D eigenvalue weighted by molar-refractivity contribution is 6.29. The number of likely N-dealkylation sites (tertiary alicyclic amines) is 1. The molecule has 2 rings (SSSR count). The summed E-state index contributed by atoms with van der Waals surface area (Å²) in [5.41, 5.74) is 0.353. The van der Waals surface area contributed by atoms with Crippen LogP contribution in [0.3, 0.4) is 0 Å². The monoisotopic (exact) mass is 268 g/mol. The van der Waals surface area contributed by atoms with Crippen molar-refractivity contribution in [3.63, 3.8) is 0 Å². The minimum absolute atomic E-state index is 0.0737. The number of hydrogen-bond acceptors (Lipinski definition) is 4. The lowest BCUT2D eigenvalue weighted by atomic mass is 10.1. The van der Waals surface area contributed by atoms with Crippen LogP contribution in [0.25, 0.3) is 0 Å². The van der Waals surface area contributed by atoms with E-state index in [9.17, 15) is 4.79 Å². The summed E-state index contributed by atoms with van der Waals surface area (Å²) in [6, 6.07) is 0.397. The molecule has 0 bridgehead atoms. The summed E-state index contributed by atoms with van der Waals surface area (Å²) >= 11 is 5.66. The SMILES string of the molecule is CC1CN(C(=O)c2cnc(Cl)cn2)CC1N(C)C. The molecule has 1 fully saturated rings. The van der Waals surface area contributed by atoms with Crippen molar-refractivity contribution in [3.05, 3.63) is 23.2 Å². The molecule has 18 heavy (non-hydrogen) atoms. The molecule has 0 saturated carbocycles. The molecule has 0 aliphatic carbocycles. The van der Waals surface area contributed by atoms with E-state index in [0.717, 1.165) is 13.1 Å². The zero-order valence-corrected chi connectivity index (χ0v) is 11.6. The van der Waals surface area contributed by atoms with E-state index in [1.807, 2.05) is 19.0 Å². The highest BCUT2D eigenvalue weighted by Gasteiger charge is 2.34. The number of aromatic nitrogens is 2. The Morgan fingerprint density at radius 3 is 2.61 bits per heavy atom. The van der Waals surface area contributed by atoms with Crippen molar-refractivity contribution in [2.45, 2.75) is 13.0 Å². The second-order valence-corrected chi connectivity index (χ2v) is 5.33. The Labute approximate surface area is 112 Å². The van der Waals surface area contributed by atoms with Gasteiger partial charge in [0.2, 0.25) is 0 Å². The minimum atomic E-state index is -0.0737. The predicted octanol–water partition coefficient (Wildman–Crippen LogP) is 1.15. The van der Waals surface area contributed by atoms with E-state index in [1.165, 1.54) is 12.4 Å². The molecule has 2 atom stereocenters. The van der Waals surface area contributed by atoms with Crippen molar-refractivity contribution in [1.82, 2.24) is 19.8 Å². The Kier molecular flexibility index (Phi) is 3.82. The fourth-order valence-corrected chi connectivity index (χ4v) is 2.47. The zero-order valence-electron chi connectivity index (χ0n) is 10.8. The maximum Gasteiger partial charge on any atom is 0.274 e. The summed E-state index contributed by atoms with van der Waals surface area (Å²) < 4.78 is 0. The number of likely N-dealkylation sites (N-methyl/N-ethyl adjacent to an activating group) is 1. The molecular formula is C12H17ClN4O. The fraction of sp³-hybridized carbons (Fsp3) is 0.583. The Morgan fingerprint density at radius 2 is 2.11 bits per heavy atom. The van der Waals surface area contributed by atoms with Gasteiger partial charge in [-0.15, -0.1) is 0 Å². The summed E-state index contributed by atoms with van der Waals surface area (Å²) in [5.74, 6) is 0.388. The first-order valence-corrected chi connectivity index (χ1v) is 6.30. The Morgan fingerprint density at radius 1 is 1.39 bits per heavy atom. The highest BCUT2D eigenvalue weighted by atomic mass is 35.5. The summed E-state index contributed by atoms with van der Waals surface area (Å²) in [4.78, 5) is 24.1. The topological polar surface area (TPSA) is 49.3 Å². The van der Waals surface area contributed by atoms with Gasteiger partial charge in [0.1, 0.15) is 10.8 Å². The summed E-state index contributed by atoms with van der Waals surface area (Å²) in [6.07, 6.45) is 2.83. The number of rotatable bonds is 2. The number of carbonyl (C=O) groups is 1. The Balaban J connectivity index is 2.09. The molecule has 1 aliphatic rings. The molecule has 1 saturated heterocycles. The molecule has 1 amide bonds. The molecule has 0 spiro atoms. The van der Waals surface area contributed by atoms with Crippen LogP contribution in [0.1, 0.15) is 17.4 Å². The van der Waals surface area contributed by atoms with Crippen LogP contribution in [0.15, 0.2) is 12.4 Å². The van der Waals surface area contributed by atoms with E-state index >= 15 is 0 Å². The largest absolute Gasteiger partial charge is 0.335 e. The smallest absolute Gasteiger partial charge is 0.274 e. The van der Waals surface area contributed by atoms with Crippen molar-refractivity contribution in [3.8, 4) is 0 Å². The van der Waals surface area contributed by atoms with Crippen molar-refractivity contribution in [2.24, 2.45) is 5.92 Å². The van der Waals surface area contributed by atoms with Gasteiger partial charge in [0, 0.05) is 19.1 Å². The second kappa shape index (κ2) is 5.20. The zero-order chi connectivity index (χ0) is 13.3. The van der Waals surface area contributed by atoms with Crippen LogP contribution in [0.5, 0.6) is 0 Å². The molecule has 1 aromatic heterocycles. The number of hydrogen-bond donors (Lipinski definition) is 0. The number of carbonyl (C=O) groups excluding carboxylic acids is 1. The molecule has 2 heterocycles. The third-order valence-electron chi connectivity index (χ3n) is 3.36. The van der Waals surface area contributed by atoms with Gasteiger partial charge in [-0.25, -0.2) is 9.97 Å². The van der Waals surface area contributed by atoms with Crippen LogP contribution in [0.4, 0.5) is 0 Å². The third-order valence-corrected chi connectivity index (χ3v) is 3.56. The number of halogens is 1. The van der Waals surface area contributed by atoms with Gasteiger partial charge >= 0.3 is 0 Å². The van der Waals surface area contributed by atoms with Gasteiger partial charge in [0.05, 0.1) is 12.4 Å². The predicted molar refractivity (Wildman–Crippen MR) is 69.6 cm³/mol. The number of amides is 1. The van der Waals surface area contributed by atoms with Gasteiger partial charge < -0.3 is 9.80 Å². The molecule has 1 aliphatic heterocycles. The van der Waals surface area contributed by atoms with E-state index in [2.05, 4.69) is 21.8 Å². The first-order chi connectivity index (χ1) is 8.49. The molecule has 1 aromatic rings. The van der Waals surface area contributed by atoms with Crippen molar-refractivity contribution in [1.29, 1.82) is 0 Å². The maximum atomic E-state index is 12.2. The first kappa shape index (κ1) is 13.2. The second-order valence-electron chi connectivity index (χ2n) is 4.94. The molecule has 2 unspecified atom stereocenters. The van der Waals surface area contributed by atoms with Crippen molar-refractivity contribution in [2.75, 3.05) is 27.2 Å². The first-order valence-electron chi connectivity index (χ1n) is 5.92. The van der Waals surface area contributed by atoms with E-state index in [0.29, 0.717) is 22.8 Å². The average Bonchev–Trinajstić information content (AvgIpc) is 2.71. The number of nitrogens with zero attached hydrogens (tertiary/aromatic N) is 4. The summed E-state index contributed by atoms with van der Waals surface area (Å²) in [5, 5.41) is 0.299. The van der Waals surface area contributed by atoms with E-state index in [-0.39, 0.29) is 5.91 Å². The fourth-order valence-electron chi connectivity index (χ4n) is 2.37. The van der Waals surface area contributed by atoms with Crippen LogP contribution in [0.2, 0.25) is 5.15 Å². The molecule has 0 aromatic carbocycles. The van der Waals surface area contributed by atoms with E-state index < -0.39 is 0 Å². The van der Waals surface area contributed by atoms with Gasteiger partial charge in [0.25, 0.3) is 5.91 Å². The van der Waals surface area contributed by atoms with Gasteiger partial charge in [-0.05, 0) is 20.0 Å². The normalized spacial score (nSPS) is 23.7. The van der Waals surface area contributed by atoms with E-state index in [1.54, 1.807) is 0 Å². The van der Waals surface area contributed by atoms with Crippen LogP contribution < -0.4 is 0 Å². The van der Waals surface area contributed by atoms with E-state index in [4.69, 9.17) is 11.6 Å². The van der Waals surface area contributed by atoms with Crippen LogP contribution in [0, 0.1) is 5.92 Å². The van der Waals surface area contributed by atoms with Crippen LogP contribution in [-0.4, -0.2) is 58.9 Å². The standard InChI is InChI=1S/C12H17ClN4O/c1-8-6-17(7-10(8)16(2)3)12(18)9-4-15-11(13)5-14-9/h4-5,8,10H,6-7H2,1-3H3. The Bertz CT molecular complexity index is 434. The molecule has 98 valence electrons. The third kappa shape index (κ3) is 2.62. The summed E-state index contributed by atoms with van der Waals surface area (Å²) in [7, 11) is 4.08. The van der Waals surface area contributed by atoms with Gasteiger partial charge in [0.15, 0.2) is 0 Å². The lowest BCUT2D eigenvalue weighted by molar-refractivity contribution is 0.0775. The van der Waals surface area contributed by atoms with Gasteiger partial charge in [-0.1, -0.05) is 18.5 Å². The molecular weight excluding hydrogens is 252 g/mol. The molecule has 6 heteroatoms. The van der Waals surface area contributed by atoms with Crippen LogP contribution >= 0.6 is 11.6 Å². The quantitative estimate of drug-likeness (QED) is 0.807. The van der Waals surface area contributed by atoms with Gasteiger partial charge in [-0.2, -0.15) is 0 Å². The van der Waals surface area contributed by atoms with Crippen molar-refractivity contribution < 1.29 is 4.79 Å². The summed E-state index contributed by atoms with van der Waals surface area (Å²) in [6.45, 7) is 3.65. The van der Waals surface area contributed by atoms with Gasteiger partial charge in [-0.3, -0.25) is 4.79 Å². The van der Waals surface area contributed by atoms with Crippen molar-refractivity contribution >= 4 is 17.5 Å².